The maximum absolute atomic E-state index is 11.6. The largest absolute Gasteiger partial charge is 0.496 e. The van der Waals surface area contributed by atoms with Crippen LogP contribution in [0.2, 0.25) is 0 Å². The molecule has 0 fully saturated rings. The zero-order chi connectivity index (χ0) is 12.9. The number of alkyl halides is 1. The van der Waals surface area contributed by atoms with Gasteiger partial charge in [-0.15, -0.1) is 11.6 Å². The molecule has 0 heterocycles. The van der Waals surface area contributed by atoms with Crippen LogP contribution >= 0.6 is 11.6 Å². The molecule has 0 bridgehead atoms. The Kier molecular flexibility index (Phi) is 5.24. The van der Waals surface area contributed by atoms with Gasteiger partial charge in [0.15, 0.2) is 0 Å². The van der Waals surface area contributed by atoms with E-state index in [0.717, 1.165) is 5.56 Å². The van der Waals surface area contributed by atoms with Crippen molar-refractivity contribution in [2.75, 3.05) is 18.7 Å². The summed E-state index contributed by atoms with van der Waals surface area (Å²) in [6.45, 7) is 1.77. The van der Waals surface area contributed by atoms with Gasteiger partial charge in [0.05, 0.1) is 12.9 Å². The second kappa shape index (κ2) is 6.23. The van der Waals surface area contributed by atoms with Crippen LogP contribution in [-0.2, 0) is 10.0 Å². The van der Waals surface area contributed by atoms with E-state index in [1.54, 1.807) is 20.1 Å². The number of sulfonamides is 1. The fourth-order valence-electron chi connectivity index (χ4n) is 1.52. The predicted octanol–water partition coefficient (Wildman–Crippen LogP) is 1.91. The molecule has 96 valence electrons. The fraction of sp³-hybridized carbons (Fsp3) is 0.455. The molecular formula is C11H16ClNO3S. The Bertz CT molecular complexity index is 462. The summed E-state index contributed by atoms with van der Waals surface area (Å²) < 4.78 is 30.9. The molecule has 4 nitrogen and oxygen atoms in total. The number of hydrogen-bond donors (Lipinski definition) is 1. The molecule has 0 saturated carbocycles. The van der Waals surface area contributed by atoms with E-state index in [1.165, 1.54) is 0 Å². The van der Waals surface area contributed by atoms with Gasteiger partial charge in [-0.05, 0) is 13.0 Å². The molecule has 1 aromatic carbocycles. The molecule has 0 aliphatic heterocycles. The first kappa shape index (κ1) is 14.3. The van der Waals surface area contributed by atoms with Crippen LogP contribution in [0.1, 0.15) is 18.5 Å². The van der Waals surface area contributed by atoms with Crippen LogP contribution in [0.5, 0.6) is 5.75 Å². The molecule has 0 spiro atoms. The molecule has 0 radical (unpaired) electrons. The first-order valence-corrected chi connectivity index (χ1v) is 7.37. The number of methoxy groups -OCH3 is 1. The monoisotopic (exact) mass is 277 g/mol. The van der Waals surface area contributed by atoms with Crippen LogP contribution < -0.4 is 9.46 Å². The highest BCUT2D eigenvalue weighted by Gasteiger charge is 2.17. The van der Waals surface area contributed by atoms with Crippen LogP contribution in [0.4, 0.5) is 0 Å². The number of ether oxygens (including phenoxy) is 1. The molecule has 0 saturated heterocycles. The molecular weight excluding hydrogens is 262 g/mol. The van der Waals surface area contributed by atoms with Gasteiger partial charge in [-0.1, -0.05) is 18.2 Å². The third-order valence-electron chi connectivity index (χ3n) is 2.31. The average molecular weight is 278 g/mol. The van der Waals surface area contributed by atoms with E-state index in [-0.39, 0.29) is 17.7 Å². The Labute approximate surface area is 107 Å². The lowest BCUT2D eigenvalue weighted by atomic mass is 10.1. The van der Waals surface area contributed by atoms with E-state index in [9.17, 15) is 8.42 Å². The molecule has 0 aromatic heterocycles. The molecule has 1 N–H and O–H groups in total. The van der Waals surface area contributed by atoms with Crippen LogP contribution in [-0.4, -0.2) is 27.2 Å². The molecule has 1 aromatic rings. The number of hydrogen-bond acceptors (Lipinski definition) is 3. The van der Waals surface area contributed by atoms with Crippen molar-refractivity contribution >= 4 is 21.6 Å². The minimum absolute atomic E-state index is 0.0774. The second-order valence-corrected chi connectivity index (χ2v) is 5.84. The van der Waals surface area contributed by atoms with Crippen molar-refractivity contribution in [1.82, 2.24) is 4.72 Å². The summed E-state index contributed by atoms with van der Waals surface area (Å²) >= 11 is 5.43. The van der Waals surface area contributed by atoms with Crippen molar-refractivity contribution in [3.8, 4) is 5.75 Å². The number of para-hydroxylation sites is 1. The van der Waals surface area contributed by atoms with Gasteiger partial charge < -0.3 is 4.74 Å². The van der Waals surface area contributed by atoms with Crippen LogP contribution in [0.15, 0.2) is 24.3 Å². The quantitative estimate of drug-likeness (QED) is 0.808. The van der Waals surface area contributed by atoms with Crippen molar-refractivity contribution in [1.29, 1.82) is 0 Å². The Balaban J connectivity index is 2.86. The zero-order valence-electron chi connectivity index (χ0n) is 9.81. The van der Waals surface area contributed by atoms with Gasteiger partial charge in [0.25, 0.3) is 0 Å². The van der Waals surface area contributed by atoms with Crippen molar-refractivity contribution < 1.29 is 13.2 Å². The minimum atomic E-state index is -3.34. The Hall–Kier alpha value is -0.780. The Morgan fingerprint density at radius 3 is 2.65 bits per heavy atom. The second-order valence-electron chi connectivity index (χ2n) is 3.59. The third-order valence-corrected chi connectivity index (χ3v) is 4.17. The van der Waals surface area contributed by atoms with Crippen molar-refractivity contribution in [3.63, 3.8) is 0 Å². The van der Waals surface area contributed by atoms with Gasteiger partial charge in [-0.2, -0.15) is 0 Å². The molecule has 1 rings (SSSR count). The molecule has 6 heteroatoms. The molecule has 0 amide bonds. The number of halogens is 1. The summed E-state index contributed by atoms with van der Waals surface area (Å²) in [4.78, 5) is 0. The van der Waals surface area contributed by atoms with Crippen molar-refractivity contribution in [2.24, 2.45) is 0 Å². The first-order chi connectivity index (χ1) is 8.00. The van der Waals surface area contributed by atoms with Crippen molar-refractivity contribution in [2.45, 2.75) is 13.0 Å². The Morgan fingerprint density at radius 1 is 1.41 bits per heavy atom. The van der Waals surface area contributed by atoms with Gasteiger partial charge >= 0.3 is 0 Å². The van der Waals surface area contributed by atoms with Crippen LogP contribution in [0, 0.1) is 0 Å². The number of rotatable bonds is 6. The van der Waals surface area contributed by atoms with Gasteiger partial charge in [0, 0.05) is 17.5 Å². The molecule has 0 aliphatic rings. The number of benzene rings is 1. The lowest BCUT2D eigenvalue weighted by molar-refractivity contribution is 0.405. The zero-order valence-corrected chi connectivity index (χ0v) is 11.4. The van der Waals surface area contributed by atoms with E-state index in [1.807, 2.05) is 18.2 Å². The lowest BCUT2D eigenvalue weighted by Crippen LogP contribution is -2.29. The van der Waals surface area contributed by atoms with E-state index in [0.29, 0.717) is 5.75 Å². The summed E-state index contributed by atoms with van der Waals surface area (Å²) in [5.74, 6) is 0.649. The first-order valence-electron chi connectivity index (χ1n) is 5.19. The van der Waals surface area contributed by atoms with Crippen LogP contribution in [0.25, 0.3) is 0 Å². The SMILES string of the molecule is COc1ccccc1[C@@H](C)NS(=O)(=O)CCCl. The highest BCUT2D eigenvalue weighted by Crippen LogP contribution is 2.24. The summed E-state index contributed by atoms with van der Waals surface area (Å²) in [6.07, 6.45) is 0. The van der Waals surface area contributed by atoms with Gasteiger partial charge in [-0.3, -0.25) is 0 Å². The van der Waals surface area contributed by atoms with E-state index < -0.39 is 10.0 Å². The average Bonchev–Trinajstić information content (AvgIpc) is 2.28. The molecule has 17 heavy (non-hydrogen) atoms. The maximum Gasteiger partial charge on any atom is 0.213 e. The van der Waals surface area contributed by atoms with Gasteiger partial charge in [0.2, 0.25) is 10.0 Å². The molecule has 0 unspecified atom stereocenters. The van der Waals surface area contributed by atoms with Crippen LogP contribution in [0.3, 0.4) is 0 Å². The normalized spacial score (nSPS) is 13.4. The van der Waals surface area contributed by atoms with E-state index in [4.69, 9.17) is 16.3 Å². The summed E-state index contributed by atoms with van der Waals surface area (Å²) in [7, 11) is -1.79. The Morgan fingerprint density at radius 2 is 2.06 bits per heavy atom. The predicted molar refractivity (Wildman–Crippen MR) is 69.1 cm³/mol. The van der Waals surface area contributed by atoms with E-state index >= 15 is 0 Å². The third kappa shape index (κ3) is 4.18. The smallest absolute Gasteiger partial charge is 0.213 e. The molecule has 0 aliphatic carbocycles. The summed E-state index contributed by atoms with van der Waals surface area (Å²) in [5.41, 5.74) is 0.799. The molecule has 1 atom stereocenters. The highest BCUT2D eigenvalue weighted by atomic mass is 35.5. The van der Waals surface area contributed by atoms with E-state index in [2.05, 4.69) is 4.72 Å². The van der Waals surface area contributed by atoms with Gasteiger partial charge in [-0.25, -0.2) is 13.1 Å². The van der Waals surface area contributed by atoms with Crippen molar-refractivity contribution in [3.05, 3.63) is 29.8 Å². The lowest BCUT2D eigenvalue weighted by Gasteiger charge is -2.16. The summed E-state index contributed by atoms with van der Waals surface area (Å²) in [6, 6.07) is 6.94. The highest BCUT2D eigenvalue weighted by molar-refractivity contribution is 7.89. The standard InChI is InChI=1S/C11H16ClNO3S/c1-9(13-17(14,15)8-7-12)10-5-3-4-6-11(10)16-2/h3-6,9,13H,7-8H2,1-2H3/t9-/m1/s1. The topological polar surface area (TPSA) is 55.4 Å². The minimum Gasteiger partial charge on any atom is -0.496 e. The summed E-state index contributed by atoms with van der Waals surface area (Å²) in [5, 5.41) is 0. The fourth-order valence-corrected chi connectivity index (χ4v) is 3.11. The maximum atomic E-state index is 11.6. The van der Waals surface area contributed by atoms with Gasteiger partial charge in [0.1, 0.15) is 5.75 Å². The number of nitrogens with one attached hydrogen (secondary N) is 1.